The van der Waals surface area contributed by atoms with Crippen molar-refractivity contribution in [3.8, 4) is 0 Å². The molecule has 0 aromatic carbocycles. The highest BCUT2D eigenvalue weighted by molar-refractivity contribution is 8.07. The van der Waals surface area contributed by atoms with Crippen LogP contribution in [0, 0.1) is 0 Å². The van der Waals surface area contributed by atoms with Crippen LogP contribution in [0.3, 0.4) is 0 Å². The lowest BCUT2D eigenvalue weighted by atomic mass is 10.3. The highest BCUT2D eigenvalue weighted by Gasteiger charge is 2.27. The van der Waals surface area contributed by atoms with Gasteiger partial charge in [0.15, 0.2) is 0 Å². The van der Waals surface area contributed by atoms with Gasteiger partial charge in [0, 0.05) is 22.0 Å². The fraction of sp³-hybridized carbons (Fsp3) is 1.00. The highest BCUT2D eigenvalue weighted by atomic mass is 32.2. The van der Waals surface area contributed by atoms with Crippen molar-refractivity contribution in [1.29, 1.82) is 0 Å². The van der Waals surface area contributed by atoms with Gasteiger partial charge in [-0.25, -0.2) is 0 Å². The van der Waals surface area contributed by atoms with E-state index >= 15 is 0 Å². The third kappa shape index (κ3) is 4.90. The molecule has 0 amide bonds. The maximum absolute atomic E-state index is 5.72. The van der Waals surface area contributed by atoms with Gasteiger partial charge in [0.2, 0.25) is 0 Å². The van der Waals surface area contributed by atoms with Crippen LogP contribution in [-0.4, -0.2) is 73.9 Å². The van der Waals surface area contributed by atoms with Crippen LogP contribution in [0.15, 0.2) is 0 Å². The van der Waals surface area contributed by atoms with E-state index in [1.807, 2.05) is 23.5 Å². The summed E-state index contributed by atoms with van der Waals surface area (Å²) >= 11 is 3.91. The lowest BCUT2D eigenvalue weighted by molar-refractivity contribution is -0.165. The van der Waals surface area contributed by atoms with E-state index in [-0.39, 0.29) is 12.2 Å². The minimum Gasteiger partial charge on any atom is -0.377 e. The highest BCUT2D eigenvalue weighted by Crippen LogP contribution is 2.30. The molecule has 0 aliphatic carbocycles. The van der Waals surface area contributed by atoms with E-state index in [4.69, 9.17) is 18.9 Å². The van der Waals surface area contributed by atoms with Gasteiger partial charge in [0.05, 0.1) is 39.6 Å². The Labute approximate surface area is 116 Å². The summed E-state index contributed by atoms with van der Waals surface area (Å²) in [7, 11) is 0. The Morgan fingerprint density at radius 2 is 1.22 bits per heavy atom. The van der Waals surface area contributed by atoms with Gasteiger partial charge in [-0.3, -0.25) is 0 Å². The van der Waals surface area contributed by atoms with Crippen molar-refractivity contribution in [2.45, 2.75) is 22.7 Å². The monoisotopic (exact) mass is 292 g/mol. The maximum atomic E-state index is 5.72. The molecule has 104 valence electrons. The SMILES string of the molecule is C(OCC1CS1)C1COC(COCC2CS2)CO1. The fourth-order valence-electron chi connectivity index (χ4n) is 1.77. The molecule has 0 aromatic heterocycles. The number of rotatable bonds is 8. The predicted molar refractivity (Wildman–Crippen MR) is 73.6 cm³/mol. The molecule has 4 atom stereocenters. The first-order valence-corrected chi connectivity index (χ1v) is 8.62. The molecule has 3 saturated heterocycles. The molecule has 3 heterocycles. The van der Waals surface area contributed by atoms with Crippen LogP contribution >= 0.6 is 23.5 Å². The quantitative estimate of drug-likeness (QED) is 0.622. The maximum Gasteiger partial charge on any atom is 0.104 e. The van der Waals surface area contributed by atoms with E-state index in [9.17, 15) is 0 Å². The van der Waals surface area contributed by atoms with E-state index in [0.717, 1.165) is 23.7 Å². The minimum atomic E-state index is 0.101. The van der Waals surface area contributed by atoms with E-state index in [0.29, 0.717) is 26.4 Å². The second kappa shape index (κ2) is 6.81. The zero-order valence-electron chi connectivity index (χ0n) is 10.4. The van der Waals surface area contributed by atoms with Crippen molar-refractivity contribution in [3.05, 3.63) is 0 Å². The summed E-state index contributed by atoms with van der Waals surface area (Å²) < 4.78 is 22.6. The summed E-state index contributed by atoms with van der Waals surface area (Å²) in [5.41, 5.74) is 0. The molecular weight excluding hydrogens is 272 g/mol. The van der Waals surface area contributed by atoms with Crippen LogP contribution < -0.4 is 0 Å². The van der Waals surface area contributed by atoms with Crippen molar-refractivity contribution in [1.82, 2.24) is 0 Å². The van der Waals surface area contributed by atoms with Crippen molar-refractivity contribution >= 4 is 23.5 Å². The number of hydrogen-bond acceptors (Lipinski definition) is 6. The number of hydrogen-bond donors (Lipinski definition) is 0. The number of ether oxygens (including phenoxy) is 4. The summed E-state index contributed by atoms with van der Waals surface area (Å²) in [4.78, 5) is 0. The second-order valence-corrected chi connectivity index (χ2v) is 7.56. The second-order valence-electron chi connectivity index (χ2n) is 4.90. The average molecular weight is 292 g/mol. The molecule has 3 rings (SSSR count). The molecule has 4 unspecified atom stereocenters. The van der Waals surface area contributed by atoms with E-state index in [1.54, 1.807) is 0 Å². The van der Waals surface area contributed by atoms with Gasteiger partial charge >= 0.3 is 0 Å². The molecule has 0 N–H and O–H groups in total. The van der Waals surface area contributed by atoms with Gasteiger partial charge in [-0.15, -0.1) is 0 Å². The molecule has 3 aliphatic rings. The Balaban J connectivity index is 1.21. The first-order chi connectivity index (χ1) is 8.90. The Bertz CT molecular complexity index is 224. The summed E-state index contributed by atoms with van der Waals surface area (Å²) in [6.07, 6.45) is 0.202. The molecule has 0 bridgehead atoms. The summed E-state index contributed by atoms with van der Waals surface area (Å²) in [5.74, 6) is 2.50. The van der Waals surface area contributed by atoms with Gasteiger partial charge in [-0.2, -0.15) is 23.5 Å². The van der Waals surface area contributed by atoms with Gasteiger partial charge in [-0.1, -0.05) is 0 Å². The standard InChI is InChI=1S/C12H20O4S2/c1(13-5-11-7-17-11)9-3-16-10(4-15-9)2-14-6-12-8-18-12/h9-12H,1-8H2. The van der Waals surface area contributed by atoms with Gasteiger partial charge in [0.25, 0.3) is 0 Å². The Morgan fingerprint density at radius 1 is 0.778 bits per heavy atom. The molecule has 18 heavy (non-hydrogen) atoms. The van der Waals surface area contributed by atoms with Crippen LogP contribution in [-0.2, 0) is 18.9 Å². The topological polar surface area (TPSA) is 36.9 Å². The minimum absolute atomic E-state index is 0.101. The van der Waals surface area contributed by atoms with Crippen LogP contribution in [0.4, 0.5) is 0 Å². The van der Waals surface area contributed by atoms with E-state index in [2.05, 4.69) is 0 Å². The Hall–Kier alpha value is 0.540. The molecule has 0 aromatic rings. The van der Waals surface area contributed by atoms with Crippen LogP contribution in [0.2, 0.25) is 0 Å². The van der Waals surface area contributed by atoms with Crippen molar-refractivity contribution in [3.63, 3.8) is 0 Å². The predicted octanol–water partition coefficient (Wildman–Crippen LogP) is 1.03. The summed E-state index contributed by atoms with van der Waals surface area (Å²) in [5, 5.41) is 1.46. The summed E-state index contributed by atoms with van der Waals surface area (Å²) in [6, 6.07) is 0. The van der Waals surface area contributed by atoms with Crippen LogP contribution in [0.25, 0.3) is 0 Å². The van der Waals surface area contributed by atoms with E-state index in [1.165, 1.54) is 11.5 Å². The zero-order valence-corrected chi connectivity index (χ0v) is 12.0. The van der Waals surface area contributed by atoms with E-state index < -0.39 is 0 Å². The zero-order chi connectivity index (χ0) is 12.2. The average Bonchev–Trinajstić information content (AvgIpc) is 3.25. The molecule has 3 fully saturated rings. The molecule has 4 nitrogen and oxygen atoms in total. The fourth-order valence-corrected chi connectivity index (χ4v) is 2.62. The molecule has 0 saturated carbocycles. The largest absolute Gasteiger partial charge is 0.377 e. The first kappa shape index (κ1) is 13.5. The Kier molecular flexibility index (Phi) is 5.12. The van der Waals surface area contributed by atoms with Gasteiger partial charge < -0.3 is 18.9 Å². The molecule has 0 spiro atoms. The number of thioether (sulfide) groups is 2. The molecule has 6 heteroatoms. The van der Waals surface area contributed by atoms with Gasteiger partial charge in [-0.05, 0) is 0 Å². The van der Waals surface area contributed by atoms with Crippen molar-refractivity contribution in [2.75, 3.05) is 51.1 Å². The normalized spacial score (nSPS) is 38.7. The van der Waals surface area contributed by atoms with Crippen LogP contribution in [0.1, 0.15) is 0 Å². The van der Waals surface area contributed by atoms with Gasteiger partial charge in [0.1, 0.15) is 12.2 Å². The third-order valence-electron chi connectivity index (χ3n) is 3.06. The lowest BCUT2D eigenvalue weighted by Gasteiger charge is -2.29. The van der Waals surface area contributed by atoms with Crippen molar-refractivity contribution in [2.24, 2.45) is 0 Å². The van der Waals surface area contributed by atoms with Crippen LogP contribution in [0.5, 0.6) is 0 Å². The Morgan fingerprint density at radius 3 is 1.56 bits per heavy atom. The third-order valence-corrected chi connectivity index (χ3v) is 4.94. The van der Waals surface area contributed by atoms with Crippen molar-refractivity contribution < 1.29 is 18.9 Å². The smallest absolute Gasteiger partial charge is 0.104 e. The first-order valence-electron chi connectivity index (χ1n) is 6.52. The lowest BCUT2D eigenvalue weighted by Crippen LogP contribution is -2.40. The molecular formula is C12H20O4S2. The molecule has 3 aliphatic heterocycles. The molecule has 0 radical (unpaired) electrons. The summed E-state index contributed by atoms with van der Waals surface area (Å²) in [6.45, 7) is 4.28.